The van der Waals surface area contributed by atoms with Crippen molar-refractivity contribution in [2.75, 3.05) is 0 Å². The molecule has 4 nitrogen and oxygen atoms in total. The molecule has 108 valence electrons. The van der Waals surface area contributed by atoms with Gasteiger partial charge in [0.25, 0.3) is 0 Å². The van der Waals surface area contributed by atoms with Crippen LogP contribution in [0.5, 0.6) is 0 Å². The van der Waals surface area contributed by atoms with E-state index in [0.717, 1.165) is 18.1 Å². The first-order chi connectivity index (χ1) is 10.3. The highest BCUT2D eigenvalue weighted by Crippen LogP contribution is 2.52. The summed E-state index contributed by atoms with van der Waals surface area (Å²) in [5.41, 5.74) is 9.13. The van der Waals surface area contributed by atoms with Crippen LogP contribution in [0.15, 0.2) is 28.8 Å². The molecule has 2 N–H and O–H groups in total. The lowest BCUT2D eigenvalue weighted by molar-refractivity contribution is 0.278. The average Bonchev–Trinajstić information content (AvgIpc) is 3.16. The third kappa shape index (κ3) is 1.59. The number of nitrogens with two attached hydrogens (primary N) is 1. The molecule has 0 saturated heterocycles. The largest absolute Gasteiger partial charge is 0.339 e. The van der Waals surface area contributed by atoms with Gasteiger partial charge >= 0.3 is 0 Å². The van der Waals surface area contributed by atoms with Crippen molar-refractivity contribution < 1.29 is 4.52 Å². The minimum Gasteiger partial charge on any atom is -0.339 e. The Balaban J connectivity index is 1.44. The summed E-state index contributed by atoms with van der Waals surface area (Å²) in [6.07, 6.45) is 4.82. The molecule has 5 unspecified atom stereocenters. The number of aromatic nitrogens is 2. The molecule has 2 bridgehead atoms. The van der Waals surface area contributed by atoms with Crippen LogP contribution in [-0.4, -0.2) is 16.2 Å². The van der Waals surface area contributed by atoms with E-state index in [4.69, 9.17) is 15.2 Å². The van der Waals surface area contributed by atoms with Crippen molar-refractivity contribution in [1.82, 2.24) is 10.1 Å². The normalized spacial score (nSPS) is 36.5. The molecule has 3 aliphatic carbocycles. The van der Waals surface area contributed by atoms with Crippen LogP contribution in [0.3, 0.4) is 0 Å². The Labute approximate surface area is 123 Å². The standard InChI is InChI=1S/C17H19N3O/c18-15-11-6-5-10(7-11)14(15)17-19-16(20-21-17)13-8-9-3-1-2-4-12(9)13/h1-4,10-11,13-15H,5-8,18H2. The van der Waals surface area contributed by atoms with Gasteiger partial charge in [0, 0.05) is 6.04 Å². The number of benzene rings is 1. The second-order valence-corrected chi connectivity index (χ2v) is 6.88. The smallest absolute Gasteiger partial charge is 0.231 e. The Morgan fingerprint density at radius 2 is 2.00 bits per heavy atom. The molecule has 2 fully saturated rings. The molecule has 4 heteroatoms. The van der Waals surface area contributed by atoms with Gasteiger partial charge in [-0.3, -0.25) is 0 Å². The zero-order chi connectivity index (χ0) is 14.0. The average molecular weight is 281 g/mol. The van der Waals surface area contributed by atoms with Crippen LogP contribution in [-0.2, 0) is 6.42 Å². The third-order valence-corrected chi connectivity index (χ3v) is 5.89. The molecule has 0 amide bonds. The summed E-state index contributed by atoms with van der Waals surface area (Å²) in [6.45, 7) is 0. The Hall–Kier alpha value is -1.68. The Bertz CT molecular complexity index is 693. The van der Waals surface area contributed by atoms with E-state index in [2.05, 4.69) is 29.4 Å². The van der Waals surface area contributed by atoms with Crippen molar-refractivity contribution in [3.63, 3.8) is 0 Å². The summed E-state index contributed by atoms with van der Waals surface area (Å²) in [7, 11) is 0. The first-order valence-electron chi connectivity index (χ1n) is 7.98. The maximum absolute atomic E-state index is 6.38. The molecule has 1 aromatic carbocycles. The van der Waals surface area contributed by atoms with E-state index in [-0.39, 0.29) is 6.04 Å². The molecule has 2 aromatic rings. The quantitative estimate of drug-likeness (QED) is 0.919. The van der Waals surface area contributed by atoms with E-state index in [1.165, 1.54) is 30.4 Å². The Morgan fingerprint density at radius 3 is 2.81 bits per heavy atom. The van der Waals surface area contributed by atoms with Gasteiger partial charge in [0.2, 0.25) is 5.89 Å². The maximum Gasteiger partial charge on any atom is 0.231 e. The van der Waals surface area contributed by atoms with Gasteiger partial charge in [-0.15, -0.1) is 0 Å². The summed E-state index contributed by atoms with van der Waals surface area (Å²) >= 11 is 0. The molecule has 0 spiro atoms. The Kier molecular flexibility index (Phi) is 2.37. The van der Waals surface area contributed by atoms with Crippen molar-refractivity contribution in [2.45, 2.75) is 43.6 Å². The molecule has 0 aliphatic heterocycles. The predicted molar refractivity (Wildman–Crippen MR) is 77.8 cm³/mol. The van der Waals surface area contributed by atoms with Crippen molar-refractivity contribution in [1.29, 1.82) is 0 Å². The van der Waals surface area contributed by atoms with Gasteiger partial charge in [-0.05, 0) is 48.6 Å². The van der Waals surface area contributed by atoms with Gasteiger partial charge in [-0.25, -0.2) is 0 Å². The highest BCUT2D eigenvalue weighted by atomic mass is 16.5. The minimum atomic E-state index is 0.214. The van der Waals surface area contributed by atoms with E-state index in [9.17, 15) is 0 Å². The molecule has 2 saturated carbocycles. The highest BCUT2D eigenvalue weighted by molar-refractivity contribution is 5.43. The maximum atomic E-state index is 6.38. The van der Waals surface area contributed by atoms with E-state index < -0.39 is 0 Å². The Morgan fingerprint density at radius 1 is 1.14 bits per heavy atom. The van der Waals surface area contributed by atoms with Crippen LogP contribution in [0.4, 0.5) is 0 Å². The van der Waals surface area contributed by atoms with E-state index >= 15 is 0 Å². The monoisotopic (exact) mass is 281 g/mol. The van der Waals surface area contributed by atoms with Gasteiger partial charge in [-0.1, -0.05) is 29.4 Å². The van der Waals surface area contributed by atoms with Crippen LogP contribution < -0.4 is 5.73 Å². The topological polar surface area (TPSA) is 64.9 Å². The van der Waals surface area contributed by atoms with Crippen molar-refractivity contribution in [3.05, 3.63) is 47.1 Å². The van der Waals surface area contributed by atoms with E-state index in [0.29, 0.717) is 23.7 Å². The molecule has 5 rings (SSSR count). The molecule has 3 aliphatic rings. The lowest BCUT2D eigenvalue weighted by Crippen LogP contribution is -2.34. The summed E-state index contributed by atoms with van der Waals surface area (Å²) in [4.78, 5) is 4.72. The molecule has 21 heavy (non-hydrogen) atoms. The first-order valence-corrected chi connectivity index (χ1v) is 7.98. The summed E-state index contributed by atoms with van der Waals surface area (Å²) in [5.74, 6) is 3.56. The first kappa shape index (κ1) is 11.9. The second-order valence-electron chi connectivity index (χ2n) is 6.88. The number of hydrogen-bond acceptors (Lipinski definition) is 4. The van der Waals surface area contributed by atoms with Crippen LogP contribution in [0, 0.1) is 11.8 Å². The summed E-state index contributed by atoms with van der Waals surface area (Å²) < 4.78 is 5.60. The molecule has 1 heterocycles. The highest BCUT2D eigenvalue weighted by Gasteiger charge is 2.49. The molecular formula is C17H19N3O. The van der Waals surface area contributed by atoms with Crippen LogP contribution in [0.25, 0.3) is 0 Å². The van der Waals surface area contributed by atoms with Crippen LogP contribution in [0.1, 0.15) is 53.9 Å². The van der Waals surface area contributed by atoms with Gasteiger partial charge in [0.05, 0.1) is 11.8 Å². The van der Waals surface area contributed by atoms with Crippen molar-refractivity contribution in [2.24, 2.45) is 17.6 Å². The van der Waals surface area contributed by atoms with E-state index in [1.807, 2.05) is 0 Å². The van der Waals surface area contributed by atoms with Gasteiger partial charge in [0.15, 0.2) is 5.82 Å². The summed E-state index contributed by atoms with van der Waals surface area (Å²) in [6, 6.07) is 8.73. The van der Waals surface area contributed by atoms with Crippen LogP contribution >= 0.6 is 0 Å². The number of hydrogen-bond donors (Lipinski definition) is 1. The van der Waals surface area contributed by atoms with Crippen LogP contribution in [0.2, 0.25) is 0 Å². The lowest BCUT2D eigenvalue weighted by Gasteiger charge is -2.27. The fourth-order valence-electron chi connectivity index (χ4n) is 4.72. The zero-order valence-corrected chi connectivity index (χ0v) is 11.9. The predicted octanol–water partition coefficient (Wildman–Crippen LogP) is 2.60. The van der Waals surface area contributed by atoms with E-state index in [1.54, 1.807) is 0 Å². The van der Waals surface area contributed by atoms with Gasteiger partial charge in [-0.2, -0.15) is 4.98 Å². The van der Waals surface area contributed by atoms with Gasteiger partial charge in [0.1, 0.15) is 0 Å². The SMILES string of the molecule is NC1C2CCC(C2)C1c1nc(C2Cc3ccccc32)no1. The van der Waals surface area contributed by atoms with Crippen molar-refractivity contribution >= 4 is 0 Å². The minimum absolute atomic E-state index is 0.214. The fraction of sp³-hybridized carbons (Fsp3) is 0.529. The molecule has 1 aromatic heterocycles. The number of fused-ring (bicyclic) bond motifs is 3. The van der Waals surface area contributed by atoms with Crippen molar-refractivity contribution in [3.8, 4) is 0 Å². The molecule has 0 radical (unpaired) electrons. The lowest BCUT2D eigenvalue weighted by atomic mass is 9.77. The van der Waals surface area contributed by atoms with Gasteiger partial charge < -0.3 is 10.3 Å². The molecule has 5 atom stereocenters. The second kappa shape index (κ2) is 4.17. The number of nitrogens with zero attached hydrogens (tertiary/aromatic N) is 2. The molecular weight excluding hydrogens is 262 g/mol. The number of rotatable bonds is 2. The fourth-order valence-corrected chi connectivity index (χ4v) is 4.72. The zero-order valence-electron chi connectivity index (χ0n) is 11.9. The third-order valence-electron chi connectivity index (χ3n) is 5.89. The summed E-state index contributed by atoms with van der Waals surface area (Å²) in [5, 5.41) is 4.26.